The van der Waals surface area contributed by atoms with Crippen LogP contribution in [-0.2, 0) is 17.9 Å². The Balaban J connectivity index is 1.45. The van der Waals surface area contributed by atoms with E-state index in [1.165, 1.54) is 0 Å². The van der Waals surface area contributed by atoms with Crippen LogP contribution in [0.15, 0.2) is 77.4 Å². The topological polar surface area (TPSA) is 70.8 Å². The molecular weight excluding hydrogens is 368 g/mol. The SMILES string of the molecule is O=C(CCN1C(=O)c2ccccc2C1=O)N(Cc1ccccc1)Cc1ccco1. The van der Waals surface area contributed by atoms with Gasteiger partial charge in [-0.2, -0.15) is 0 Å². The summed E-state index contributed by atoms with van der Waals surface area (Å²) in [6.07, 6.45) is 1.62. The molecule has 4 rings (SSSR count). The minimum Gasteiger partial charge on any atom is -0.467 e. The van der Waals surface area contributed by atoms with E-state index < -0.39 is 0 Å². The van der Waals surface area contributed by atoms with Gasteiger partial charge in [-0.3, -0.25) is 19.3 Å². The molecule has 2 aromatic carbocycles. The Morgan fingerprint density at radius 2 is 1.48 bits per heavy atom. The van der Waals surface area contributed by atoms with Crippen LogP contribution in [0, 0.1) is 0 Å². The van der Waals surface area contributed by atoms with E-state index in [-0.39, 0.29) is 30.7 Å². The molecule has 6 nitrogen and oxygen atoms in total. The summed E-state index contributed by atoms with van der Waals surface area (Å²) in [5.41, 5.74) is 1.77. The molecule has 0 atom stereocenters. The molecule has 0 fully saturated rings. The van der Waals surface area contributed by atoms with Gasteiger partial charge < -0.3 is 9.32 Å². The zero-order chi connectivity index (χ0) is 20.2. The van der Waals surface area contributed by atoms with Crippen LogP contribution in [-0.4, -0.2) is 34.1 Å². The van der Waals surface area contributed by atoms with Gasteiger partial charge in [-0.25, -0.2) is 0 Å². The summed E-state index contributed by atoms with van der Waals surface area (Å²) in [6, 6.07) is 20.0. The van der Waals surface area contributed by atoms with Crippen molar-refractivity contribution in [1.29, 1.82) is 0 Å². The number of hydrogen-bond donors (Lipinski definition) is 0. The smallest absolute Gasteiger partial charge is 0.261 e. The largest absolute Gasteiger partial charge is 0.467 e. The maximum atomic E-state index is 13.0. The van der Waals surface area contributed by atoms with Gasteiger partial charge in [0.15, 0.2) is 0 Å². The lowest BCUT2D eigenvalue weighted by Crippen LogP contribution is -2.36. The van der Waals surface area contributed by atoms with E-state index in [1.807, 2.05) is 36.4 Å². The third-order valence-corrected chi connectivity index (χ3v) is 4.92. The Labute approximate surface area is 168 Å². The van der Waals surface area contributed by atoms with Gasteiger partial charge in [0.1, 0.15) is 5.76 Å². The molecule has 2 heterocycles. The first-order valence-electron chi connectivity index (χ1n) is 9.43. The standard InChI is InChI=1S/C23H20N2O4/c26-21(12-13-25-22(27)19-10-4-5-11-20(19)23(25)28)24(16-18-9-6-14-29-18)15-17-7-2-1-3-8-17/h1-11,14H,12-13,15-16H2. The van der Waals surface area contributed by atoms with Crippen LogP contribution < -0.4 is 0 Å². The van der Waals surface area contributed by atoms with E-state index in [0.29, 0.717) is 30.0 Å². The highest BCUT2D eigenvalue weighted by molar-refractivity contribution is 6.21. The van der Waals surface area contributed by atoms with Crippen molar-refractivity contribution >= 4 is 17.7 Å². The van der Waals surface area contributed by atoms with Crippen LogP contribution in [0.5, 0.6) is 0 Å². The van der Waals surface area contributed by atoms with Gasteiger partial charge in [-0.05, 0) is 29.8 Å². The number of carbonyl (C=O) groups excluding carboxylic acids is 3. The van der Waals surface area contributed by atoms with E-state index in [2.05, 4.69) is 0 Å². The van der Waals surface area contributed by atoms with Crippen molar-refractivity contribution in [2.24, 2.45) is 0 Å². The summed E-state index contributed by atoms with van der Waals surface area (Å²) in [7, 11) is 0. The minimum atomic E-state index is -0.348. The number of fused-ring (bicyclic) bond motifs is 1. The molecule has 0 aliphatic carbocycles. The van der Waals surface area contributed by atoms with Crippen LogP contribution in [0.3, 0.4) is 0 Å². The van der Waals surface area contributed by atoms with Crippen molar-refractivity contribution in [3.63, 3.8) is 0 Å². The molecule has 3 amide bonds. The van der Waals surface area contributed by atoms with Gasteiger partial charge in [-0.1, -0.05) is 42.5 Å². The average Bonchev–Trinajstić information content (AvgIpc) is 3.34. The predicted molar refractivity (Wildman–Crippen MR) is 106 cm³/mol. The molecule has 3 aromatic rings. The second-order valence-corrected chi connectivity index (χ2v) is 6.87. The van der Waals surface area contributed by atoms with Gasteiger partial charge in [0.05, 0.1) is 23.9 Å². The van der Waals surface area contributed by atoms with Crippen molar-refractivity contribution < 1.29 is 18.8 Å². The molecule has 1 aliphatic rings. The zero-order valence-corrected chi connectivity index (χ0v) is 15.8. The summed E-state index contributed by atoms with van der Waals surface area (Å²) >= 11 is 0. The van der Waals surface area contributed by atoms with Crippen LogP contribution in [0.25, 0.3) is 0 Å². The molecule has 0 bridgehead atoms. The number of hydrogen-bond acceptors (Lipinski definition) is 4. The number of carbonyl (C=O) groups is 3. The monoisotopic (exact) mass is 388 g/mol. The fraction of sp³-hybridized carbons (Fsp3) is 0.174. The fourth-order valence-corrected chi connectivity index (χ4v) is 3.43. The third-order valence-electron chi connectivity index (χ3n) is 4.92. The Hall–Kier alpha value is -3.67. The molecule has 6 heteroatoms. The normalized spacial score (nSPS) is 12.9. The summed E-state index contributed by atoms with van der Waals surface area (Å²) in [6.45, 7) is 0.792. The minimum absolute atomic E-state index is 0.0502. The van der Waals surface area contributed by atoms with Crippen molar-refractivity contribution in [2.75, 3.05) is 6.54 Å². The first-order chi connectivity index (χ1) is 14.1. The highest BCUT2D eigenvalue weighted by Gasteiger charge is 2.35. The highest BCUT2D eigenvalue weighted by atomic mass is 16.3. The summed E-state index contributed by atoms with van der Waals surface area (Å²) in [4.78, 5) is 40.8. The Morgan fingerprint density at radius 1 is 0.828 bits per heavy atom. The van der Waals surface area contributed by atoms with E-state index in [1.54, 1.807) is 41.5 Å². The van der Waals surface area contributed by atoms with Gasteiger partial charge in [0, 0.05) is 19.5 Å². The number of amides is 3. The molecule has 0 radical (unpaired) electrons. The molecular formula is C23H20N2O4. The van der Waals surface area contributed by atoms with Gasteiger partial charge in [0.25, 0.3) is 11.8 Å². The molecule has 1 aliphatic heterocycles. The second-order valence-electron chi connectivity index (χ2n) is 6.87. The fourth-order valence-electron chi connectivity index (χ4n) is 3.43. The summed E-state index contributed by atoms with van der Waals surface area (Å²) in [5, 5.41) is 0. The van der Waals surface area contributed by atoms with Crippen LogP contribution in [0.4, 0.5) is 0 Å². The second kappa shape index (κ2) is 8.14. The molecule has 1 aromatic heterocycles. The Kier molecular flexibility index (Phi) is 5.24. The molecule has 0 saturated heterocycles. The number of nitrogens with zero attached hydrogens (tertiary/aromatic N) is 2. The van der Waals surface area contributed by atoms with Gasteiger partial charge in [-0.15, -0.1) is 0 Å². The lowest BCUT2D eigenvalue weighted by Gasteiger charge is -2.23. The molecule has 0 N–H and O–H groups in total. The maximum absolute atomic E-state index is 13.0. The summed E-state index contributed by atoms with van der Waals surface area (Å²) < 4.78 is 5.39. The summed E-state index contributed by atoms with van der Waals surface area (Å²) in [5.74, 6) is -0.171. The zero-order valence-electron chi connectivity index (χ0n) is 15.8. The number of rotatable bonds is 7. The first-order valence-corrected chi connectivity index (χ1v) is 9.43. The number of benzene rings is 2. The van der Waals surface area contributed by atoms with Crippen molar-refractivity contribution in [2.45, 2.75) is 19.5 Å². The van der Waals surface area contributed by atoms with E-state index in [9.17, 15) is 14.4 Å². The molecule has 0 spiro atoms. The Bertz CT molecular complexity index is 993. The maximum Gasteiger partial charge on any atom is 0.261 e. The lowest BCUT2D eigenvalue weighted by atomic mass is 10.1. The van der Waals surface area contributed by atoms with Crippen LogP contribution in [0.1, 0.15) is 38.5 Å². The lowest BCUT2D eigenvalue weighted by molar-refractivity contribution is -0.132. The first kappa shape index (κ1) is 18.7. The highest BCUT2D eigenvalue weighted by Crippen LogP contribution is 2.23. The number of imide groups is 1. The van der Waals surface area contributed by atoms with Crippen molar-refractivity contribution in [3.05, 3.63) is 95.4 Å². The predicted octanol–water partition coefficient (Wildman–Crippen LogP) is 3.49. The third kappa shape index (κ3) is 3.96. The van der Waals surface area contributed by atoms with E-state index >= 15 is 0 Å². The molecule has 29 heavy (non-hydrogen) atoms. The van der Waals surface area contributed by atoms with E-state index in [4.69, 9.17) is 4.42 Å². The van der Waals surface area contributed by atoms with Crippen molar-refractivity contribution in [1.82, 2.24) is 9.80 Å². The molecule has 146 valence electrons. The average molecular weight is 388 g/mol. The number of furan rings is 1. The van der Waals surface area contributed by atoms with Gasteiger partial charge in [0.2, 0.25) is 5.91 Å². The Morgan fingerprint density at radius 3 is 2.10 bits per heavy atom. The van der Waals surface area contributed by atoms with Crippen molar-refractivity contribution in [3.8, 4) is 0 Å². The molecule has 0 saturated carbocycles. The van der Waals surface area contributed by atoms with E-state index in [0.717, 1.165) is 10.5 Å². The molecule has 0 unspecified atom stereocenters. The quantitative estimate of drug-likeness (QED) is 0.581. The van der Waals surface area contributed by atoms with Crippen LogP contribution >= 0.6 is 0 Å². The van der Waals surface area contributed by atoms with Crippen LogP contribution in [0.2, 0.25) is 0 Å². The van der Waals surface area contributed by atoms with Gasteiger partial charge >= 0.3 is 0 Å².